The van der Waals surface area contributed by atoms with E-state index in [0.29, 0.717) is 18.3 Å². The van der Waals surface area contributed by atoms with Crippen molar-refractivity contribution in [3.8, 4) is 0 Å². The second-order valence-corrected chi connectivity index (χ2v) is 8.79. The average Bonchev–Trinajstić information content (AvgIpc) is 3.19. The maximum absolute atomic E-state index is 12.8. The van der Waals surface area contributed by atoms with Gasteiger partial charge in [0.2, 0.25) is 0 Å². The quantitative estimate of drug-likeness (QED) is 0.285. The summed E-state index contributed by atoms with van der Waals surface area (Å²) in [5, 5.41) is 0. The van der Waals surface area contributed by atoms with Crippen LogP contribution in [0.1, 0.15) is 27.2 Å². The summed E-state index contributed by atoms with van der Waals surface area (Å²) in [5.41, 5.74) is -0.0546. The van der Waals surface area contributed by atoms with Crippen molar-refractivity contribution in [3.05, 3.63) is 49.1 Å². The van der Waals surface area contributed by atoms with Gasteiger partial charge in [0.05, 0.1) is 18.1 Å². The van der Waals surface area contributed by atoms with Crippen molar-refractivity contribution in [1.82, 2.24) is 0 Å². The Morgan fingerprint density at radius 1 is 1.27 bits per heavy atom. The molecule has 0 unspecified atom stereocenters. The molecule has 0 radical (unpaired) electrons. The molecule has 2 aliphatic heterocycles. The van der Waals surface area contributed by atoms with Crippen LogP contribution >= 0.6 is 0 Å². The zero-order valence-electron chi connectivity index (χ0n) is 17.6. The third kappa shape index (κ3) is 3.68. The Kier molecular flexibility index (Phi) is 5.64. The molecule has 1 aliphatic carbocycles. The summed E-state index contributed by atoms with van der Waals surface area (Å²) in [6.07, 6.45) is 0.597. The third-order valence-electron chi connectivity index (χ3n) is 6.28. The van der Waals surface area contributed by atoms with E-state index in [1.54, 1.807) is 19.9 Å². The fourth-order valence-electron chi connectivity index (χ4n) is 4.62. The maximum atomic E-state index is 12.8. The number of aldehydes is 1. The lowest BCUT2D eigenvalue weighted by molar-refractivity contribution is -0.161. The van der Waals surface area contributed by atoms with Crippen LogP contribution in [-0.2, 0) is 33.3 Å². The fraction of sp³-hybridized carbons (Fsp3) is 0.522. The number of allylic oxidation sites excluding steroid dienone is 1. The zero-order valence-corrected chi connectivity index (χ0v) is 17.6. The van der Waals surface area contributed by atoms with Crippen molar-refractivity contribution in [2.45, 2.75) is 51.3 Å². The Labute approximate surface area is 176 Å². The normalized spacial score (nSPS) is 37.1. The highest BCUT2D eigenvalue weighted by Gasteiger charge is 2.58. The van der Waals surface area contributed by atoms with Crippen LogP contribution in [0.2, 0.25) is 0 Å². The molecular formula is C23H28O7. The number of esters is 2. The number of carbonyl (C=O) groups excluding carboxylic acids is 3. The van der Waals surface area contributed by atoms with Gasteiger partial charge >= 0.3 is 11.9 Å². The Balaban J connectivity index is 1.86. The van der Waals surface area contributed by atoms with E-state index >= 15 is 0 Å². The topological polar surface area (TPSA) is 88.1 Å². The average molecular weight is 416 g/mol. The number of carbonyl (C=O) groups is 3. The van der Waals surface area contributed by atoms with Gasteiger partial charge in [-0.15, -0.1) is 6.58 Å². The lowest BCUT2D eigenvalue weighted by Crippen LogP contribution is -2.52. The van der Waals surface area contributed by atoms with Crippen molar-refractivity contribution in [2.24, 2.45) is 17.3 Å². The van der Waals surface area contributed by atoms with Crippen LogP contribution in [0.15, 0.2) is 49.1 Å². The third-order valence-corrected chi connectivity index (χ3v) is 6.28. The molecule has 0 spiro atoms. The Morgan fingerprint density at radius 3 is 2.47 bits per heavy atom. The van der Waals surface area contributed by atoms with Gasteiger partial charge in [0, 0.05) is 11.5 Å². The molecule has 7 nitrogen and oxygen atoms in total. The van der Waals surface area contributed by atoms with Crippen molar-refractivity contribution in [1.29, 1.82) is 0 Å². The highest BCUT2D eigenvalue weighted by molar-refractivity contribution is 5.92. The van der Waals surface area contributed by atoms with E-state index in [0.717, 1.165) is 0 Å². The van der Waals surface area contributed by atoms with Crippen LogP contribution in [0.5, 0.6) is 0 Å². The van der Waals surface area contributed by atoms with Gasteiger partial charge in [-0.25, -0.2) is 9.59 Å². The van der Waals surface area contributed by atoms with Crippen molar-refractivity contribution >= 4 is 18.2 Å². The number of hydrogen-bond acceptors (Lipinski definition) is 7. The molecule has 162 valence electrons. The minimum atomic E-state index is -0.812. The molecule has 0 aromatic carbocycles. The molecule has 1 saturated carbocycles. The maximum Gasteiger partial charge on any atom is 0.336 e. The Hall–Kier alpha value is -2.51. The summed E-state index contributed by atoms with van der Waals surface area (Å²) in [6, 6.07) is 0. The van der Waals surface area contributed by atoms with Gasteiger partial charge in [-0.1, -0.05) is 32.7 Å². The first-order valence-corrected chi connectivity index (χ1v) is 9.83. The van der Waals surface area contributed by atoms with Crippen LogP contribution < -0.4 is 0 Å². The van der Waals surface area contributed by atoms with Crippen LogP contribution in [0.3, 0.4) is 0 Å². The molecule has 0 N–H and O–H groups in total. The first kappa shape index (κ1) is 22.2. The second-order valence-electron chi connectivity index (χ2n) is 8.79. The molecular weight excluding hydrogens is 388 g/mol. The first-order chi connectivity index (χ1) is 13.9. The summed E-state index contributed by atoms with van der Waals surface area (Å²) in [4.78, 5) is 36.6. The van der Waals surface area contributed by atoms with Crippen molar-refractivity contribution in [2.75, 3.05) is 6.61 Å². The summed E-state index contributed by atoms with van der Waals surface area (Å²) in [5.74, 6) is -3.12. The zero-order chi connectivity index (χ0) is 22.4. The van der Waals surface area contributed by atoms with Gasteiger partial charge in [-0.3, -0.25) is 4.79 Å². The highest BCUT2D eigenvalue weighted by Crippen LogP contribution is 2.53. The van der Waals surface area contributed by atoms with Crippen LogP contribution in [0.4, 0.5) is 0 Å². The minimum absolute atomic E-state index is 0.132. The standard InChI is InChI=1S/C23H28O7/c1-8-23(7)9-15(28-20(25)13(3)16-11-27-22(5,6)30-16)17-14(4)21(26)29-19(17)18(23)12(2)10-24/h8,10,15-19H,1-4,9,11H2,5-7H3/t15-,16-,17+,18+,19-,23+/m0/s1. The second kappa shape index (κ2) is 7.63. The van der Waals surface area contributed by atoms with Crippen LogP contribution in [-0.4, -0.2) is 48.9 Å². The van der Waals surface area contributed by atoms with Crippen LogP contribution in [0, 0.1) is 17.3 Å². The summed E-state index contributed by atoms with van der Waals surface area (Å²) in [7, 11) is 0. The molecule has 3 aliphatic rings. The lowest BCUT2D eigenvalue weighted by atomic mass is 9.59. The van der Waals surface area contributed by atoms with Gasteiger partial charge in [-0.05, 0) is 31.3 Å². The molecule has 30 heavy (non-hydrogen) atoms. The van der Waals surface area contributed by atoms with E-state index in [1.165, 1.54) is 0 Å². The van der Waals surface area contributed by atoms with Gasteiger partial charge in [0.15, 0.2) is 5.79 Å². The molecule has 3 fully saturated rings. The number of fused-ring (bicyclic) bond motifs is 1. The minimum Gasteiger partial charge on any atom is -0.458 e. The molecule has 0 aromatic rings. The van der Waals surface area contributed by atoms with E-state index in [1.807, 2.05) is 6.92 Å². The predicted octanol–water partition coefficient (Wildman–Crippen LogP) is 2.67. The Morgan fingerprint density at radius 2 is 1.93 bits per heavy atom. The number of ether oxygens (including phenoxy) is 4. The van der Waals surface area contributed by atoms with Gasteiger partial charge in [0.25, 0.3) is 0 Å². The monoisotopic (exact) mass is 416 g/mol. The highest BCUT2D eigenvalue weighted by atomic mass is 16.7. The van der Waals surface area contributed by atoms with E-state index in [2.05, 4.69) is 26.3 Å². The summed E-state index contributed by atoms with van der Waals surface area (Å²) >= 11 is 0. The van der Waals surface area contributed by atoms with Gasteiger partial charge in [-0.2, -0.15) is 0 Å². The SMILES string of the molecule is C=C[C@]1(C)C[C@H](OC(=O)C(=C)[C@@H]2COC(C)(C)O2)[C@H]2C(=C)C(=O)O[C@@H]2[C@H]1C(=C)C=O. The van der Waals surface area contributed by atoms with Crippen molar-refractivity contribution in [3.63, 3.8) is 0 Å². The number of rotatable bonds is 6. The van der Waals surface area contributed by atoms with E-state index in [-0.39, 0.29) is 17.8 Å². The molecule has 0 bridgehead atoms. The van der Waals surface area contributed by atoms with E-state index < -0.39 is 53.3 Å². The molecule has 3 rings (SSSR count). The smallest absolute Gasteiger partial charge is 0.336 e. The van der Waals surface area contributed by atoms with Crippen molar-refractivity contribution < 1.29 is 33.3 Å². The van der Waals surface area contributed by atoms with Gasteiger partial charge in [0.1, 0.15) is 24.6 Å². The van der Waals surface area contributed by atoms with E-state index in [9.17, 15) is 14.4 Å². The Bertz CT molecular complexity index is 838. The first-order valence-electron chi connectivity index (χ1n) is 9.83. The molecule has 2 saturated heterocycles. The van der Waals surface area contributed by atoms with Gasteiger partial charge < -0.3 is 18.9 Å². The van der Waals surface area contributed by atoms with Crippen LogP contribution in [0.25, 0.3) is 0 Å². The summed E-state index contributed by atoms with van der Waals surface area (Å²) < 4.78 is 22.5. The largest absolute Gasteiger partial charge is 0.458 e. The lowest BCUT2D eigenvalue weighted by Gasteiger charge is -2.47. The molecule has 6 atom stereocenters. The molecule has 2 heterocycles. The fourth-order valence-corrected chi connectivity index (χ4v) is 4.62. The molecule has 0 amide bonds. The molecule has 0 aromatic heterocycles. The summed E-state index contributed by atoms with van der Waals surface area (Å²) in [6.45, 7) is 20.9. The van der Waals surface area contributed by atoms with E-state index in [4.69, 9.17) is 18.9 Å². The molecule has 7 heteroatoms. The number of hydrogen-bond donors (Lipinski definition) is 0. The predicted molar refractivity (Wildman–Crippen MR) is 108 cm³/mol.